The van der Waals surface area contributed by atoms with Gasteiger partial charge in [0.25, 0.3) is 0 Å². The van der Waals surface area contributed by atoms with E-state index in [0.717, 1.165) is 0 Å². The lowest BCUT2D eigenvalue weighted by atomic mass is 10.0. The monoisotopic (exact) mass is 743 g/mol. The minimum absolute atomic E-state index is 0.00437. The van der Waals surface area contributed by atoms with Crippen LogP contribution in [0.25, 0.3) is 0 Å². The Morgan fingerprint density at radius 2 is 1.51 bits per heavy atom. The highest BCUT2D eigenvalue weighted by Gasteiger charge is 2.25. The number of carbonyl (C=O) groups excluding carboxylic acids is 6. The third kappa shape index (κ3) is 20.0. The number of benzene rings is 1. The van der Waals surface area contributed by atoms with Crippen molar-refractivity contribution in [3.63, 3.8) is 0 Å². The summed E-state index contributed by atoms with van der Waals surface area (Å²) in [5, 5.41) is 7.55. The number of carbonyl (C=O) groups is 6. The second-order valence-electron chi connectivity index (χ2n) is 12.5. The normalized spacial score (nSPS) is 11.8. The van der Waals surface area contributed by atoms with Gasteiger partial charge in [-0.25, -0.2) is 19.1 Å². The fourth-order valence-corrected chi connectivity index (χ4v) is 4.35. The first-order valence-corrected chi connectivity index (χ1v) is 17.4. The topological polar surface area (TPSA) is 240 Å². The Labute approximate surface area is 299 Å². The van der Waals surface area contributed by atoms with Crippen LogP contribution in [0.4, 0.5) is 24.9 Å². The SMILES string of the molecule is BC(=O)N(C)CCN(C)C(=O)OCc1ccc(NC(=O)CNC(=O)C(NC(=O)OCCOCCNS(=O)(=O)NC(=O)OC(C)(C)C)C(C)C)cc1. The molecule has 0 aromatic heterocycles. The summed E-state index contributed by atoms with van der Waals surface area (Å²) in [7, 11) is 0.475. The average molecular weight is 744 g/mol. The predicted octanol–water partition coefficient (Wildman–Crippen LogP) is 0.121. The van der Waals surface area contributed by atoms with Crippen molar-refractivity contribution in [1.82, 2.24) is 29.9 Å². The number of ether oxygens (including phenoxy) is 4. The first kappa shape index (κ1) is 44.4. The van der Waals surface area contributed by atoms with Crippen LogP contribution in [0.1, 0.15) is 40.2 Å². The lowest BCUT2D eigenvalue weighted by Crippen LogP contribution is -2.51. The summed E-state index contributed by atoms with van der Waals surface area (Å²) in [5.41, 5.74) is 0.234. The molecule has 0 aliphatic heterocycles. The maximum Gasteiger partial charge on any atom is 0.422 e. The van der Waals surface area contributed by atoms with E-state index in [2.05, 4.69) is 20.7 Å². The molecule has 0 fully saturated rings. The van der Waals surface area contributed by atoms with Gasteiger partial charge in [-0.1, -0.05) is 26.0 Å². The van der Waals surface area contributed by atoms with Gasteiger partial charge < -0.3 is 44.7 Å². The Kier molecular flexibility index (Phi) is 18.8. The van der Waals surface area contributed by atoms with Crippen LogP contribution >= 0.6 is 0 Å². The van der Waals surface area contributed by atoms with Gasteiger partial charge >= 0.3 is 28.5 Å². The fourth-order valence-electron chi connectivity index (χ4n) is 3.66. The fraction of sp³-hybridized carbons (Fsp3) is 0.600. The Hall–Kier alpha value is -4.63. The summed E-state index contributed by atoms with van der Waals surface area (Å²) < 4.78 is 47.9. The zero-order valence-corrected chi connectivity index (χ0v) is 31.1. The van der Waals surface area contributed by atoms with E-state index in [0.29, 0.717) is 24.3 Å². The molecule has 21 heteroatoms. The van der Waals surface area contributed by atoms with Crippen LogP contribution in [-0.4, -0.2) is 134 Å². The van der Waals surface area contributed by atoms with Crippen LogP contribution < -0.4 is 25.4 Å². The molecule has 286 valence electrons. The van der Waals surface area contributed by atoms with Gasteiger partial charge in [0.1, 0.15) is 24.9 Å². The third-order valence-corrected chi connectivity index (χ3v) is 7.50. The molecule has 1 rings (SSSR count). The first-order chi connectivity index (χ1) is 23.7. The molecule has 0 bridgehead atoms. The van der Waals surface area contributed by atoms with Crippen molar-refractivity contribution in [3.05, 3.63) is 29.8 Å². The van der Waals surface area contributed by atoms with E-state index in [-0.39, 0.29) is 51.2 Å². The highest BCUT2D eigenvalue weighted by atomic mass is 32.2. The number of alkyl carbamates (subject to hydrolysis) is 1. The predicted molar refractivity (Wildman–Crippen MR) is 188 cm³/mol. The summed E-state index contributed by atoms with van der Waals surface area (Å²) in [6.07, 6.45) is -2.59. The highest BCUT2D eigenvalue weighted by molar-refractivity contribution is 7.88. The Bertz CT molecular complexity index is 1440. The Morgan fingerprint density at radius 1 is 0.882 bits per heavy atom. The Morgan fingerprint density at radius 3 is 2.10 bits per heavy atom. The number of rotatable bonds is 19. The van der Waals surface area contributed by atoms with Crippen molar-refractivity contribution >= 4 is 59.6 Å². The van der Waals surface area contributed by atoms with Gasteiger partial charge in [0.15, 0.2) is 5.81 Å². The van der Waals surface area contributed by atoms with Crippen LogP contribution in [0.3, 0.4) is 0 Å². The Balaban J connectivity index is 2.37. The van der Waals surface area contributed by atoms with Crippen LogP contribution in [0.15, 0.2) is 24.3 Å². The maximum atomic E-state index is 12.7. The molecule has 51 heavy (non-hydrogen) atoms. The summed E-state index contributed by atoms with van der Waals surface area (Å²) in [6.45, 7) is 7.85. The molecule has 0 spiro atoms. The van der Waals surface area contributed by atoms with E-state index in [1.807, 2.05) is 0 Å². The second-order valence-corrected chi connectivity index (χ2v) is 14.0. The minimum atomic E-state index is -4.16. The number of hydrogen-bond donors (Lipinski definition) is 5. The zero-order valence-electron chi connectivity index (χ0n) is 30.3. The molecule has 1 aromatic rings. The zero-order chi connectivity index (χ0) is 38.8. The van der Waals surface area contributed by atoms with Gasteiger partial charge in [-0.05, 0) is 44.4 Å². The molecule has 0 saturated heterocycles. The van der Waals surface area contributed by atoms with E-state index in [9.17, 15) is 37.2 Å². The summed E-state index contributed by atoms with van der Waals surface area (Å²) in [5.74, 6) is -1.61. The maximum absolute atomic E-state index is 12.7. The van der Waals surface area contributed by atoms with Gasteiger partial charge in [-0.3, -0.25) is 14.4 Å². The van der Waals surface area contributed by atoms with Crippen molar-refractivity contribution in [2.75, 3.05) is 65.4 Å². The van der Waals surface area contributed by atoms with Gasteiger partial charge in [0, 0.05) is 39.4 Å². The second kappa shape index (κ2) is 21.6. The van der Waals surface area contributed by atoms with Crippen molar-refractivity contribution in [3.8, 4) is 0 Å². The minimum Gasteiger partial charge on any atom is -0.447 e. The molecule has 0 aliphatic carbocycles. The molecule has 6 amide bonds. The van der Waals surface area contributed by atoms with E-state index in [4.69, 9.17) is 18.9 Å². The van der Waals surface area contributed by atoms with Crippen LogP contribution in [0.2, 0.25) is 0 Å². The van der Waals surface area contributed by atoms with Crippen molar-refractivity contribution in [2.45, 2.75) is 52.9 Å². The average Bonchev–Trinajstić information content (AvgIpc) is 3.02. The largest absolute Gasteiger partial charge is 0.447 e. The number of nitrogens with one attached hydrogen (secondary N) is 5. The molecule has 0 heterocycles. The third-order valence-electron chi connectivity index (χ3n) is 6.48. The lowest BCUT2D eigenvalue weighted by molar-refractivity contribution is -0.126. The standard InChI is InChI=1S/C30H50BN7O12S/c1-20(2)24(35-27(42)48-17-16-47-15-12-33-51(45,46)36-28(43)50-30(3,4)5)25(40)32-18-23(39)34-22-10-8-21(9-11-22)19-49-29(44)38(7)14-13-37(6)26(31)41/h8-11,20,24,33H,12-19,31H2,1-7H3,(H,32,40)(H,34,39)(H,35,42)(H,36,43). The van der Waals surface area contributed by atoms with Gasteiger partial charge in [-0.2, -0.15) is 13.1 Å². The van der Waals surface area contributed by atoms with Crippen molar-refractivity contribution in [2.24, 2.45) is 5.92 Å². The molecular weight excluding hydrogens is 693 g/mol. The van der Waals surface area contributed by atoms with Crippen LogP contribution in [0.5, 0.6) is 0 Å². The van der Waals surface area contributed by atoms with Crippen molar-refractivity contribution in [1.29, 1.82) is 0 Å². The van der Waals surface area contributed by atoms with Gasteiger partial charge in [0.05, 0.1) is 19.8 Å². The number of hydrogen-bond acceptors (Lipinski definition) is 12. The van der Waals surface area contributed by atoms with E-state index >= 15 is 0 Å². The van der Waals surface area contributed by atoms with Gasteiger partial charge in [-0.15, -0.1) is 0 Å². The number of nitrogens with zero attached hydrogens (tertiary/aromatic N) is 2. The molecule has 1 atom stereocenters. The number of amides is 6. The molecule has 0 radical (unpaired) electrons. The lowest BCUT2D eigenvalue weighted by Gasteiger charge is -2.21. The quantitative estimate of drug-likeness (QED) is 0.0722. The molecule has 5 N–H and O–H groups in total. The molecule has 19 nitrogen and oxygen atoms in total. The summed E-state index contributed by atoms with van der Waals surface area (Å²) in [6, 6.07) is 5.51. The highest BCUT2D eigenvalue weighted by Crippen LogP contribution is 2.11. The molecule has 0 saturated carbocycles. The van der Waals surface area contributed by atoms with E-state index in [1.54, 1.807) is 77.7 Å². The van der Waals surface area contributed by atoms with Gasteiger partial charge in [0.2, 0.25) is 19.7 Å². The van der Waals surface area contributed by atoms with E-state index < -0.39 is 51.9 Å². The molecule has 0 aliphatic rings. The molecular formula is C30H50BN7O12S. The van der Waals surface area contributed by atoms with Crippen LogP contribution in [-0.2, 0) is 45.4 Å². The van der Waals surface area contributed by atoms with E-state index in [1.165, 1.54) is 17.6 Å². The molecule has 1 aromatic carbocycles. The number of anilines is 1. The summed E-state index contributed by atoms with van der Waals surface area (Å²) >= 11 is 0. The first-order valence-electron chi connectivity index (χ1n) is 16.0. The van der Waals surface area contributed by atoms with Crippen LogP contribution in [0, 0.1) is 5.92 Å². The number of likely N-dealkylation sites (N-methyl/N-ethyl adjacent to an activating group) is 2. The van der Waals surface area contributed by atoms with Crippen molar-refractivity contribution < 1.29 is 56.1 Å². The summed E-state index contributed by atoms with van der Waals surface area (Å²) in [4.78, 5) is 75.4. The molecule has 1 unspecified atom stereocenters. The smallest absolute Gasteiger partial charge is 0.422 e.